The summed E-state index contributed by atoms with van der Waals surface area (Å²) in [5.74, 6) is -1.33. The van der Waals surface area contributed by atoms with E-state index < -0.39 is 23.4 Å². The zero-order valence-corrected chi connectivity index (χ0v) is 22.6. The van der Waals surface area contributed by atoms with Crippen molar-refractivity contribution in [1.82, 2.24) is 4.98 Å². The molecule has 4 heterocycles. The molecule has 7 rings (SSSR count). The summed E-state index contributed by atoms with van der Waals surface area (Å²) in [7, 11) is 1.57. The number of hydrogen-bond donors (Lipinski definition) is 1. The molecule has 41 heavy (non-hydrogen) atoms. The molecule has 0 saturated carbocycles. The van der Waals surface area contributed by atoms with Crippen molar-refractivity contribution in [1.29, 1.82) is 0 Å². The molecule has 0 bridgehead atoms. The summed E-state index contributed by atoms with van der Waals surface area (Å²) < 4.78 is 5.32. The minimum atomic E-state index is -1.37. The number of ketones is 2. The van der Waals surface area contributed by atoms with Crippen molar-refractivity contribution in [3.63, 3.8) is 0 Å². The van der Waals surface area contributed by atoms with E-state index in [1.807, 2.05) is 66.4 Å². The van der Waals surface area contributed by atoms with Crippen molar-refractivity contribution in [2.75, 3.05) is 17.3 Å². The molecule has 202 valence electrons. The van der Waals surface area contributed by atoms with Gasteiger partial charge in [-0.3, -0.25) is 19.4 Å². The Hall–Kier alpha value is -5.04. The van der Waals surface area contributed by atoms with Gasteiger partial charge in [-0.2, -0.15) is 0 Å². The summed E-state index contributed by atoms with van der Waals surface area (Å²) in [6.07, 6.45) is 3.61. The Bertz CT molecular complexity index is 1750. The lowest BCUT2D eigenvalue weighted by atomic mass is 9.64. The largest absolute Gasteiger partial charge is 0.497 e. The number of amides is 1. The number of nitrogens with zero attached hydrogens (tertiary/aromatic N) is 2. The predicted molar refractivity (Wildman–Crippen MR) is 156 cm³/mol. The molecule has 0 aliphatic carbocycles. The van der Waals surface area contributed by atoms with Crippen LogP contribution in [0.15, 0.2) is 103 Å². The molecule has 7 heteroatoms. The Kier molecular flexibility index (Phi) is 5.64. The minimum Gasteiger partial charge on any atom is -0.497 e. The van der Waals surface area contributed by atoms with Gasteiger partial charge in [0, 0.05) is 28.7 Å². The SMILES string of the molecule is COc1ccc(C(=O)[C@@H]2[C@H](C(=O)c3ccccn3)[C@@]3(C(=O)Nc4ccccc43)[C@@H]3C=C(C)c4ccccc4N23)cc1. The number of aromatic nitrogens is 1. The smallest absolute Gasteiger partial charge is 0.238 e. The highest BCUT2D eigenvalue weighted by Crippen LogP contribution is 2.58. The number of nitrogens with one attached hydrogen (secondary N) is 1. The average Bonchev–Trinajstić information content (AvgIpc) is 3.49. The van der Waals surface area contributed by atoms with E-state index in [9.17, 15) is 14.4 Å². The molecule has 4 atom stereocenters. The van der Waals surface area contributed by atoms with Gasteiger partial charge in [0.05, 0.1) is 19.1 Å². The third-order valence-electron chi connectivity index (χ3n) is 8.73. The summed E-state index contributed by atoms with van der Waals surface area (Å²) in [4.78, 5) is 50.2. The van der Waals surface area contributed by atoms with Crippen molar-refractivity contribution >= 4 is 34.4 Å². The Morgan fingerprint density at radius 2 is 1.63 bits per heavy atom. The Morgan fingerprint density at radius 1 is 0.902 bits per heavy atom. The van der Waals surface area contributed by atoms with Crippen LogP contribution >= 0.6 is 0 Å². The topological polar surface area (TPSA) is 88.6 Å². The fourth-order valence-electron chi connectivity index (χ4n) is 6.98. The lowest BCUT2D eigenvalue weighted by molar-refractivity contribution is -0.121. The molecular weight excluding hydrogens is 514 g/mol. The third kappa shape index (κ3) is 3.45. The van der Waals surface area contributed by atoms with Gasteiger partial charge in [-0.25, -0.2) is 0 Å². The molecule has 1 amide bonds. The van der Waals surface area contributed by atoms with Crippen LogP contribution in [-0.2, 0) is 10.2 Å². The molecule has 1 aromatic heterocycles. The molecule has 3 aliphatic heterocycles. The number of methoxy groups -OCH3 is 1. The Labute approximate surface area is 237 Å². The van der Waals surface area contributed by atoms with Crippen LogP contribution in [0.3, 0.4) is 0 Å². The van der Waals surface area contributed by atoms with E-state index in [0.29, 0.717) is 22.6 Å². The van der Waals surface area contributed by atoms with Crippen molar-refractivity contribution in [3.05, 3.63) is 126 Å². The Morgan fingerprint density at radius 3 is 2.39 bits per heavy atom. The predicted octanol–water partition coefficient (Wildman–Crippen LogP) is 5.34. The maximum Gasteiger partial charge on any atom is 0.238 e. The van der Waals surface area contributed by atoms with Crippen LogP contribution in [0.5, 0.6) is 5.75 Å². The molecule has 0 radical (unpaired) electrons. The number of hydrogen-bond acceptors (Lipinski definition) is 6. The van der Waals surface area contributed by atoms with Crippen LogP contribution in [0.25, 0.3) is 5.57 Å². The molecular formula is C34H27N3O4. The van der Waals surface area contributed by atoms with Crippen LogP contribution in [-0.4, -0.2) is 41.7 Å². The molecule has 4 aromatic rings. The standard InChI is InChI=1S/C34H27N3O4/c1-20-19-28-34(24-10-4-5-11-25(24)36-33(34)40)29(32(39)26-12-7-8-18-35-26)30(37(28)27-13-6-3-9-23(20)27)31(38)21-14-16-22(41-2)17-15-21/h3-19,28-30H,1-2H3,(H,36,40)/t28-,29+,30-,34-/m0/s1. The quantitative estimate of drug-likeness (QED) is 0.344. The van der Waals surface area contributed by atoms with Crippen molar-refractivity contribution in [3.8, 4) is 5.75 Å². The van der Waals surface area contributed by atoms with Gasteiger partial charge in [0.25, 0.3) is 0 Å². The van der Waals surface area contributed by atoms with E-state index >= 15 is 0 Å². The van der Waals surface area contributed by atoms with E-state index in [4.69, 9.17) is 4.74 Å². The van der Waals surface area contributed by atoms with E-state index in [0.717, 1.165) is 16.8 Å². The number of fused-ring (bicyclic) bond motifs is 6. The zero-order valence-electron chi connectivity index (χ0n) is 22.6. The maximum absolute atomic E-state index is 14.7. The van der Waals surface area contributed by atoms with Crippen molar-refractivity contribution < 1.29 is 19.1 Å². The summed E-state index contributed by atoms with van der Waals surface area (Å²) in [6.45, 7) is 2.01. The molecule has 1 fully saturated rings. The van der Waals surface area contributed by atoms with E-state index in [1.165, 1.54) is 0 Å². The van der Waals surface area contributed by atoms with E-state index in [-0.39, 0.29) is 23.2 Å². The lowest BCUT2D eigenvalue weighted by Gasteiger charge is -2.39. The van der Waals surface area contributed by atoms with Crippen LogP contribution in [0.2, 0.25) is 0 Å². The first kappa shape index (κ1) is 25.0. The molecule has 3 aromatic carbocycles. The molecule has 1 N–H and O–H groups in total. The monoisotopic (exact) mass is 541 g/mol. The number of pyridine rings is 1. The first-order chi connectivity index (χ1) is 20.0. The van der Waals surface area contributed by atoms with Crippen LogP contribution in [0.4, 0.5) is 11.4 Å². The van der Waals surface area contributed by atoms with Gasteiger partial charge < -0.3 is 15.0 Å². The minimum absolute atomic E-state index is 0.218. The highest BCUT2D eigenvalue weighted by atomic mass is 16.5. The summed E-state index contributed by atoms with van der Waals surface area (Å²) in [6, 6.07) is 25.8. The van der Waals surface area contributed by atoms with Crippen LogP contribution in [0.1, 0.15) is 38.9 Å². The van der Waals surface area contributed by atoms with Gasteiger partial charge in [-0.1, -0.05) is 48.5 Å². The number of rotatable bonds is 5. The zero-order chi connectivity index (χ0) is 28.3. The number of carbonyl (C=O) groups is 3. The molecule has 7 nitrogen and oxygen atoms in total. The third-order valence-corrected chi connectivity index (χ3v) is 8.73. The van der Waals surface area contributed by atoms with Crippen molar-refractivity contribution in [2.45, 2.75) is 24.4 Å². The van der Waals surface area contributed by atoms with E-state index in [2.05, 4.69) is 10.3 Å². The summed E-state index contributed by atoms with van der Waals surface area (Å²) >= 11 is 0. The highest BCUT2D eigenvalue weighted by Gasteiger charge is 2.70. The van der Waals surface area contributed by atoms with Gasteiger partial charge >= 0.3 is 0 Å². The van der Waals surface area contributed by atoms with Crippen LogP contribution < -0.4 is 15.0 Å². The summed E-state index contributed by atoms with van der Waals surface area (Å²) in [5.41, 5.74) is 3.41. The van der Waals surface area contributed by atoms with E-state index in [1.54, 1.807) is 55.8 Å². The number of ether oxygens (including phenoxy) is 1. The number of para-hydroxylation sites is 2. The molecule has 1 saturated heterocycles. The van der Waals surface area contributed by atoms with Crippen LogP contribution in [0, 0.1) is 5.92 Å². The number of allylic oxidation sites excluding steroid dienone is 1. The second-order valence-electron chi connectivity index (χ2n) is 10.7. The molecule has 3 aliphatic rings. The van der Waals surface area contributed by atoms with Gasteiger partial charge in [-0.15, -0.1) is 0 Å². The lowest BCUT2D eigenvalue weighted by Crippen LogP contribution is -2.51. The van der Waals surface area contributed by atoms with Gasteiger partial charge in [0.1, 0.15) is 22.9 Å². The second kappa shape index (κ2) is 9.27. The van der Waals surface area contributed by atoms with Gasteiger partial charge in [0.15, 0.2) is 11.6 Å². The fraction of sp³-hybridized carbons (Fsp3) is 0.176. The second-order valence-corrected chi connectivity index (χ2v) is 10.7. The van der Waals surface area contributed by atoms with Gasteiger partial charge in [-0.05, 0) is 66.6 Å². The molecule has 1 spiro atoms. The fourth-order valence-corrected chi connectivity index (χ4v) is 6.98. The number of carbonyl (C=O) groups excluding carboxylic acids is 3. The first-order valence-corrected chi connectivity index (χ1v) is 13.6. The number of anilines is 2. The average molecular weight is 542 g/mol. The Balaban J connectivity index is 1.54. The summed E-state index contributed by atoms with van der Waals surface area (Å²) in [5, 5.41) is 3.06. The maximum atomic E-state index is 14.7. The molecule has 0 unspecified atom stereocenters. The number of benzene rings is 3. The normalized spacial score (nSPS) is 23.8. The van der Waals surface area contributed by atoms with Crippen molar-refractivity contribution in [2.24, 2.45) is 5.92 Å². The number of Topliss-reactive ketones (excluding diaryl/α,β-unsaturated/α-hetero) is 2. The highest BCUT2D eigenvalue weighted by molar-refractivity contribution is 6.18. The first-order valence-electron chi connectivity index (χ1n) is 13.6. The van der Waals surface area contributed by atoms with Gasteiger partial charge in [0.2, 0.25) is 5.91 Å².